The van der Waals surface area contributed by atoms with E-state index in [1.54, 1.807) is 0 Å². The molecule has 2 heterocycles. The lowest BCUT2D eigenvalue weighted by Crippen LogP contribution is -2.35. The van der Waals surface area contributed by atoms with Gasteiger partial charge >= 0.3 is 0 Å². The Bertz CT molecular complexity index is 309. The summed E-state index contributed by atoms with van der Waals surface area (Å²) in [6.07, 6.45) is 5.35. The molecule has 0 aliphatic carbocycles. The van der Waals surface area contributed by atoms with Crippen LogP contribution < -0.4 is 5.32 Å². The number of amides is 1. The summed E-state index contributed by atoms with van der Waals surface area (Å²) in [5, 5.41) is 2.83. The summed E-state index contributed by atoms with van der Waals surface area (Å²) in [5.74, 6) is -0.186. The van der Waals surface area contributed by atoms with E-state index in [9.17, 15) is 4.79 Å². The predicted molar refractivity (Wildman–Crippen MR) is 48.7 cm³/mol. The molecule has 0 spiro atoms. The first kappa shape index (κ1) is 9.08. The molecule has 1 aliphatic rings. The van der Waals surface area contributed by atoms with Gasteiger partial charge in [0.1, 0.15) is 5.69 Å². The van der Waals surface area contributed by atoms with Crippen molar-refractivity contribution in [1.82, 2.24) is 15.3 Å². The molecule has 1 aromatic rings. The third-order valence-electron chi connectivity index (χ3n) is 2.06. The molecule has 0 bridgehead atoms. The number of hydrogen-bond acceptors (Lipinski definition) is 4. The molecule has 2 rings (SSSR count). The lowest BCUT2D eigenvalue weighted by molar-refractivity contribution is 0.0924. The SMILES string of the molecule is O=C(NC1CCOC1)c1cnccn1. The minimum Gasteiger partial charge on any atom is -0.379 e. The van der Waals surface area contributed by atoms with Crippen molar-refractivity contribution < 1.29 is 9.53 Å². The van der Waals surface area contributed by atoms with Crippen LogP contribution >= 0.6 is 0 Å². The van der Waals surface area contributed by atoms with Gasteiger partial charge in [-0.2, -0.15) is 0 Å². The van der Waals surface area contributed by atoms with E-state index in [0.717, 1.165) is 6.42 Å². The highest BCUT2D eigenvalue weighted by Gasteiger charge is 2.18. The van der Waals surface area contributed by atoms with Crippen molar-refractivity contribution in [1.29, 1.82) is 0 Å². The second-order valence-corrected chi connectivity index (χ2v) is 3.12. The maximum Gasteiger partial charge on any atom is 0.271 e. The molecular formula is C9H11N3O2. The number of hydrogen-bond donors (Lipinski definition) is 1. The third kappa shape index (κ3) is 2.05. The van der Waals surface area contributed by atoms with Crippen molar-refractivity contribution >= 4 is 5.91 Å². The van der Waals surface area contributed by atoms with E-state index >= 15 is 0 Å². The lowest BCUT2D eigenvalue weighted by Gasteiger charge is -2.09. The van der Waals surface area contributed by atoms with Gasteiger partial charge in [0.2, 0.25) is 0 Å². The van der Waals surface area contributed by atoms with Gasteiger partial charge in [-0.15, -0.1) is 0 Å². The summed E-state index contributed by atoms with van der Waals surface area (Å²) in [5.41, 5.74) is 0.347. The Morgan fingerprint density at radius 2 is 2.50 bits per heavy atom. The first-order valence-corrected chi connectivity index (χ1v) is 4.51. The van der Waals surface area contributed by atoms with Crippen LogP contribution in [0.2, 0.25) is 0 Å². The zero-order valence-electron chi connectivity index (χ0n) is 7.64. The molecule has 1 aromatic heterocycles. The molecule has 0 aromatic carbocycles. The highest BCUT2D eigenvalue weighted by molar-refractivity contribution is 5.92. The van der Waals surface area contributed by atoms with Gasteiger partial charge in [0.05, 0.1) is 18.8 Å². The highest BCUT2D eigenvalue weighted by atomic mass is 16.5. The van der Waals surface area contributed by atoms with Crippen molar-refractivity contribution in [2.24, 2.45) is 0 Å². The average Bonchev–Trinajstić information content (AvgIpc) is 2.72. The summed E-state index contributed by atoms with van der Waals surface area (Å²) >= 11 is 0. The number of aromatic nitrogens is 2. The summed E-state index contributed by atoms with van der Waals surface area (Å²) < 4.78 is 5.14. The van der Waals surface area contributed by atoms with Crippen molar-refractivity contribution in [3.8, 4) is 0 Å². The van der Waals surface area contributed by atoms with Gasteiger partial charge in [-0.25, -0.2) is 4.98 Å². The summed E-state index contributed by atoms with van der Waals surface area (Å²) in [4.78, 5) is 19.3. The number of carbonyl (C=O) groups is 1. The fourth-order valence-corrected chi connectivity index (χ4v) is 1.32. The van der Waals surface area contributed by atoms with Crippen LogP contribution in [0.4, 0.5) is 0 Å². The topological polar surface area (TPSA) is 64.1 Å². The van der Waals surface area contributed by atoms with Gasteiger partial charge < -0.3 is 10.1 Å². The van der Waals surface area contributed by atoms with E-state index in [1.807, 2.05) is 0 Å². The second-order valence-electron chi connectivity index (χ2n) is 3.12. The van der Waals surface area contributed by atoms with Crippen LogP contribution in [-0.4, -0.2) is 35.1 Å². The first-order valence-electron chi connectivity index (χ1n) is 4.51. The van der Waals surface area contributed by atoms with Crippen LogP contribution in [0, 0.1) is 0 Å². The molecule has 0 radical (unpaired) electrons. The molecule has 5 nitrogen and oxygen atoms in total. The van der Waals surface area contributed by atoms with Gasteiger partial charge in [0.15, 0.2) is 0 Å². The molecule has 0 saturated carbocycles. The third-order valence-corrected chi connectivity index (χ3v) is 2.06. The van der Waals surface area contributed by atoms with E-state index in [0.29, 0.717) is 18.9 Å². The highest BCUT2D eigenvalue weighted by Crippen LogP contribution is 2.04. The van der Waals surface area contributed by atoms with Crippen LogP contribution in [0.15, 0.2) is 18.6 Å². The Morgan fingerprint density at radius 3 is 3.14 bits per heavy atom. The van der Waals surface area contributed by atoms with E-state index in [1.165, 1.54) is 18.6 Å². The number of carbonyl (C=O) groups excluding carboxylic acids is 1. The Balaban J connectivity index is 1.95. The van der Waals surface area contributed by atoms with Crippen LogP contribution in [0.25, 0.3) is 0 Å². The molecule has 5 heteroatoms. The Labute approximate surface area is 81.5 Å². The Kier molecular flexibility index (Phi) is 2.69. The number of nitrogens with one attached hydrogen (secondary N) is 1. The molecule has 1 amide bonds. The van der Waals surface area contributed by atoms with Crippen molar-refractivity contribution in [3.05, 3.63) is 24.3 Å². The van der Waals surface area contributed by atoms with E-state index < -0.39 is 0 Å². The fraction of sp³-hybridized carbons (Fsp3) is 0.444. The molecule has 1 atom stereocenters. The van der Waals surface area contributed by atoms with Gasteiger partial charge in [-0.3, -0.25) is 9.78 Å². The average molecular weight is 193 g/mol. The Hall–Kier alpha value is -1.49. The largest absolute Gasteiger partial charge is 0.379 e. The van der Waals surface area contributed by atoms with E-state index in [4.69, 9.17) is 4.74 Å². The monoisotopic (exact) mass is 193 g/mol. The van der Waals surface area contributed by atoms with Crippen molar-refractivity contribution in [2.75, 3.05) is 13.2 Å². The minimum atomic E-state index is -0.186. The molecule has 1 unspecified atom stereocenters. The first-order chi connectivity index (χ1) is 6.86. The number of nitrogens with zero attached hydrogens (tertiary/aromatic N) is 2. The van der Waals surface area contributed by atoms with Crippen LogP contribution in [0.1, 0.15) is 16.9 Å². The summed E-state index contributed by atoms with van der Waals surface area (Å²) in [6.45, 7) is 1.30. The number of rotatable bonds is 2. The normalized spacial score (nSPS) is 20.7. The van der Waals surface area contributed by atoms with Crippen molar-refractivity contribution in [2.45, 2.75) is 12.5 Å². The van der Waals surface area contributed by atoms with Crippen molar-refractivity contribution in [3.63, 3.8) is 0 Å². The molecule has 74 valence electrons. The fourth-order valence-electron chi connectivity index (χ4n) is 1.32. The molecule has 1 N–H and O–H groups in total. The van der Waals surface area contributed by atoms with E-state index in [2.05, 4.69) is 15.3 Å². The maximum absolute atomic E-state index is 11.5. The Morgan fingerprint density at radius 1 is 1.57 bits per heavy atom. The van der Waals surface area contributed by atoms with Gasteiger partial charge in [-0.05, 0) is 6.42 Å². The standard InChI is InChI=1S/C9H11N3O2/c13-9(8-5-10-2-3-11-8)12-7-1-4-14-6-7/h2-3,5,7H,1,4,6H2,(H,12,13). The summed E-state index contributed by atoms with van der Waals surface area (Å²) in [7, 11) is 0. The molecule has 1 saturated heterocycles. The van der Waals surface area contributed by atoms with E-state index in [-0.39, 0.29) is 11.9 Å². The number of ether oxygens (including phenoxy) is 1. The van der Waals surface area contributed by atoms with Gasteiger partial charge in [0, 0.05) is 19.0 Å². The quantitative estimate of drug-likeness (QED) is 0.717. The molecule has 14 heavy (non-hydrogen) atoms. The zero-order chi connectivity index (χ0) is 9.80. The van der Waals surface area contributed by atoms with Crippen LogP contribution in [-0.2, 0) is 4.74 Å². The second kappa shape index (κ2) is 4.15. The summed E-state index contributed by atoms with van der Waals surface area (Å²) in [6, 6.07) is 0.115. The van der Waals surface area contributed by atoms with Crippen LogP contribution in [0.3, 0.4) is 0 Å². The molecule has 1 fully saturated rings. The minimum absolute atomic E-state index is 0.115. The zero-order valence-corrected chi connectivity index (χ0v) is 7.64. The van der Waals surface area contributed by atoms with Gasteiger partial charge in [0.25, 0.3) is 5.91 Å². The maximum atomic E-state index is 11.5. The van der Waals surface area contributed by atoms with Gasteiger partial charge in [-0.1, -0.05) is 0 Å². The molecular weight excluding hydrogens is 182 g/mol. The predicted octanol–water partition coefficient (Wildman–Crippen LogP) is -0.00470. The lowest BCUT2D eigenvalue weighted by atomic mass is 10.2. The smallest absolute Gasteiger partial charge is 0.271 e. The molecule has 1 aliphatic heterocycles. The van der Waals surface area contributed by atoms with Crippen LogP contribution in [0.5, 0.6) is 0 Å².